The molecule has 0 saturated heterocycles. The standard InChI is InChI=1S/C12H19N3OS/c1-8-11(17-9(2)15-8)12(16)14-7-3-6-13-10-4-5-10/h10,13H,3-7H2,1-2H3,(H,14,16). The Bertz CT molecular complexity index is 398. The first-order chi connectivity index (χ1) is 8.16. The minimum Gasteiger partial charge on any atom is -0.351 e. The lowest BCUT2D eigenvalue weighted by molar-refractivity contribution is 0.0956. The van der Waals surface area contributed by atoms with Crippen LogP contribution in [0.4, 0.5) is 0 Å². The number of aromatic nitrogens is 1. The van der Waals surface area contributed by atoms with Crippen molar-refractivity contribution in [2.75, 3.05) is 13.1 Å². The van der Waals surface area contributed by atoms with E-state index in [-0.39, 0.29) is 5.91 Å². The molecule has 4 nitrogen and oxygen atoms in total. The second-order valence-electron chi connectivity index (χ2n) is 4.49. The Morgan fingerprint density at radius 3 is 2.76 bits per heavy atom. The van der Waals surface area contributed by atoms with Gasteiger partial charge in [-0.25, -0.2) is 4.98 Å². The minimum atomic E-state index is 0.0134. The van der Waals surface area contributed by atoms with Crippen molar-refractivity contribution in [2.24, 2.45) is 0 Å². The molecule has 94 valence electrons. The van der Waals surface area contributed by atoms with E-state index >= 15 is 0 Å². The van der Waals surface area contributed by atoms with E-state index in [2.05, 4.69) is 15.6 Å². The van der Waals surface area contributed by atoms with Crippen molar-refractivity contribution in [1.82, 2.24) is 15.6 Å². The largest absolute Gasteiger partial charge is 0.351 e. The summed E-state index contributed by atoms with van der Waals surface area (Å²) < 4.78 is 0. The van der Waals surface area contributed by atoms with Crippen LogP contribution in [0.3, 0.4) is 0 Å². The summed E-state index contributed by atoms with van der Waals surface area (Å²) >= 11 is 1.46. The third kappa shape index (κ3) is 3.78. The average Bonchev–Trinajstić information content (AvgIpc) is 3.03. The smallest absolute Gasteiger partial charge is 0.263 e. The first-order valence-electron chi connectivity index (χ1n) is 6.12. The quantitative estimate of drug-likeness (QED) is 0.758. The molecule has 0 unspecified atom stereocenters. The molecule has 1 amide bonds. The van der Waals surface area contributed by atoms with E-state index in [1.54, 1.807) is 0 Å². The molecule has 1 aromatic rings. The topological polar surface area (TPSA) is 54.0 Å². The lowest BCUT2D eigenvalue weighted by atomic mass is 10.3. The van der Waals surface area contributed by atoms with Gasteiger partial charge in [0.25, 0.3) is 5.91 Å². The molecule has 1 fully saturated rings. The third-order valence-electron chi connectivity index (χ3n) is 2.76. The number of nitrogens with one attached hydrogen (secondary N) is 2. The minimum absolute atomic E-state index is 0.0134. The van der Waals surface area contributed by atoms with Crippen molar-refractivity contribution in [1.29, 1.82) is 0 Å². The zero-order chi connectivity index (χ0) is 12.3. The zero-order valence-electron chi connectivity index (χ0n) is 10.4. The summed E-state index contributed by atoms with van der Waals surface area (Å²) in [5.74, 6) is 0.0134. The van der Waals surface area contributed by atoms with Gasteiger partial charge < -0.3 is 10.6 Å². The van der Waals surface area contributed by atoms with Crippen molar-refractivity contribution in [3.8, 4) is 0 Å². The van der Waals surface area contributed by atoms with E-state index in [1.807, 2.05) is 13.8 Å². The summed E-state index contributed by atoms with van der Waals surface area (Å²) in [7, 11) is 0. The Morgan fingerprint density at radius 2 is 2.18 bits per heavy atom. The molecule has 17 heavy (non-hydrogen) atoms. The number of amides is 1. The molecule has 1 aliphatic carbocycles. The maximum Gasteiger partial charge on any atom is 0.263 e. The summed E-state index contributed by atoms with van der Waals surface area (Å²) in [6.45, 7) is 5.53. The Labute approximate surface area is 106 Å². The van der Waals surface area contributed by atoms with Crippen LogP contribution in [0.1, 0.15) is 39.6 Å². The average molecular weight is 253 g/mol. The van der Waals surface area contributed by atoms with E-state index in [0.717, 1.165) is 41.1 Å². The van der Waals surface area contributed by atoms with Gasteiger partial charge in [-0.3, -0.25) is 4.79 Å². The molecule has 2 rings (SSSR count). The predicted octanol–water partition coefficient (Wildman–Crippen LogP) is 1.63. The lowest BCUT2D eigenvalue weighted by Crippen LogP contribution is -2.27. The SMILES string of the molecule is Cc1nc(C)c(C(=O)NCCCNC2CC2)s1. The van der Waals surface area contributed by atoms with Crippen molar-refractivity contribution in [3.05, 3.63) is 15.6 Å². The monoisotopic (exact) mass is 253 g/mol. The number of carbonyl (C=O) groups excluding carboxylic acids is 1. The maximum atomic E-state index is 11.8. The molecular formula is C12H19N3OS. The fourth-order valence-electron chi connectivity index (χ4n) is 1.71. The molecule has 1 aliphatic rings. The molecule has 0 radical (unpaired) electrons. The highest BCUT2D eigenvalue weighted by Gasteiger charge is 2.19. The Morgan fingerprint density at radius 1 is 1.41 bits per heavy atom. The Balaban J connectivity index is 1.67. The van der Waals surface area contributed by atoms with Crippen LogP contribution in [0, 0.1) is 13.8 Å². The van der Waals surface area contributed by atoms with Gasteiger partial charge in [-0.05, 0) is 39.7 Å². The normalized spacial score (nSPS) is 14.9. The second kappa shape index (κ2) is 5.60. The molecule has 1 saturated carbocycles. The second-order valence-corrected chi connectivity index (χ2v) is 5.69. The van der Waals surface area contributed by atoms with Gasteiger partial charge in [-0.1, -0.05) is 0 Å². The highest BCUT2D eigenvalue weighted by Crippen LogP contribution is 2.18. The predicted molar refractivity (Wildman–Crippen MR) is 69.6 cm³/mol. The highest BCUT2D eigenvalue weighted by atomic mass is 32.1. The molecule has 0 aliphatic heterocycles. The van der Waals surface area contributed by atoms with Gasteiger partial charge in [0.1, 0.15) is 4.88 Å². The van der Waals surface area contributed by atoms with E-state index < -0.39 is 0 Å². The van der Waals surface area contributed by atoms with E-state index in [9.17, 15) is 4.79 Å². The van der Waals surface area contributed by atoms with Crippen molar-refractivity contribution in [3.63, 3.8) is 0 Å². The van der Waals surface area contributed by atoms with Crippen LogP contribution in [-0.2, 0) is 0 Å². The summed E-state index contributed by atoms with van der Waals surface area (Å²) in [5.41, 5.74) is 0.834. The van der Waals surface area contributed by atoms with E-state index in [4.69, 9.17) is 0 Å². The molecular weight excluding hydrogens is 234 g/mol. The number of hydrogen-bond acceptors (Lipinski definition) is 4. The Kier molecular flexibility index (Phi) is 4.12. The fourth-order valence-corrected chi connectivity index (χ4v) is 2.54. The summed E-state index contributed by atoms with van der Waals surface area (Å²) in [4.78, 5) is 16.8. The van der Waals surface area contributed by atoms with Gasteiger partial charge in [0.2, 0.25) is 0 Å². The lowest BCUT2D eigenvalue weighted by Gasteiger charge is -2.04. The van der Waals surface area contributed by atoms with Crippen molar-refractivity contribution >= 4 is 17.2 Å². The van der Waals surface area contributed by atoms with Gasteiger partial charge >= 0.3 is 0 Å². The number of rotatable bonds is 6. The molecule has 0 aromatic carbocycles. The zero-order valence-corrected chi connectivity index (χ0v) is 11.2. The fraction of sp³-hybridized carbons (Fsp3) is 0.667. The van der Waals surface area contributed by atoms with Crippen LogP contribution < -0.4 is 10.6 Å². The molecule has 1 heterocycles. The summed E-state index contributed by atoms with van der Waals surface area (Å²) in [5, 5.41) is 7.31. The van der Waals surface area contributed by atoms with Crippen molar-refractivity contribution in [2.45, 2.75) is 39.2 Å². The third-order valence-corrected chi connectivity index (χ3v) is 3.83. The summed E-state index contributed by atoms with van der Waals surface area (Å²) in [6.07, 6.45) is 3.61. The van der Waals surface area contributed by atoms with Crippen LogP contribution in [0.15, 0.2) is 0 Å². The molecule has 0 spiro atoms. The Hall–Kier alpha value is -0.940. The first-order valence-corrected chi connectivity index (χ1v) is 6.94. The number of thiazole rings is 1. The first kappa shape index (κ1) is 12.5. The van der Waals surface area contributed by atoms with Crippen LogP contribution in [0.2, 0.25) is 0 Å². The van der Waals surface area contributed by atoms with Crippen LogP contribution in [0.5, 0.6) is 0 Å². The van der Waals surface area contributed by atoms with Gasteiger partial charge in [-0.15, -0.1) is 11.3 Å². The number of hydrogen-bond donors (Lipinski definition) is 2. The molecule has 0 atom stereocenters. The molecule has 2 N–H and O–H groups in total. The molecule has 1 aromatic heterocycles. The summed E-state index contributed by atoms with van der Waals surface area (Å²) in [6, 6.07) is 0.747. The van der Waals surface area contributed by atoms with Gasteiger partial charge in [0.15, 0.2) is 0 Å². The molecule has 0 bridgehead atoms. The number of nitrogens with zero attached hydrogens (tertiary/aromatic N) is 1. The maximum absolute atomic E-state index is 11.8. The van der Waals surface area contributed by atoms with Crippen LogP contribution in [-0.4, -0.2) is 30.0 Å². The van der Waals surface area contributed by atoms with E-state index in [1.165, 1.54) is 24.2 Å². The van der Waals surface area contributed by atoms with Gasteiger partial charge in [0.05, 0.1) is 10.7 Å². The van der Waals surface area contributed by atoms with Crippen LogP contribution >= 0.6 is 11.3 Å². The number of carbonyl (C=O) groups is 1. The van der Waals surface area contributed by atoms with E-state index in [0.29, 0.717) is 0 Å². The number of aryl methyl sites for hydroxylation is 2. The van der Waals surface area contributed by atoms with Crippen LogP contribution in [0.25, 0.3) is 0 Å². The van der Waals surface area contributed by atoms with Gasteiger partial charge in [-0.2, -0.15) is 0 Å². The van der Waals surface area contributed by atoms with Crippen molar-refractivity contribution < 1.29 is 4.79 Å². The van der Waals surface area contributed by atoms with Gasteiger partial charge in [0, 0.05) is 12.6 Å². The molecule has 5 heteroatoms. The highest BCUT2D eigenvalue weighted by molar-refractivity contribution is 7.13.